The number of amides is 1. The third kappa shape index (κ3) is 4.87. The maximum atomic E-state index is 12.1. The van der Waals surface area contributed by atoms with Gasteiger partial charge in [0.1, 0.15) is 5.56 Å². The second-order valence-corrected chi connectivity index (χ2v) is 5.44. The van der Waals surface area contributed by atoms with Crippen LogP contribution in [0.2, 0.25) is 0 Å². The van der Waals surface area contributed by atoms with Gasteiger partial charge < -0.3 is 4.74 Å². The zero-order chi connectivity index (χ0) is 18.3. The quantitative estimate of drug-likeness (QED) is 0.356. The fourth-order valence-corrected chi connectivity index (χ4v) is 2.25. The van der Waals surface area contributed by atoms with E-state index in [9.17, 15) is 19.7 Å². The smallest absolute Gasteiger partial charge is 0.314 e. The number of hydrogen-bond acceptors (Lipinski definition) is 6. The third-order valence-corrected chi connectivity index (χ3v) is 3.34. The number of benzene rings is 1. The summed E-state index contributed by atoms with van der Waals surface area (Å²) in [5.41, 5.74) is 2.22. The van der Waals surface area contributed by atoms with Crippen LogP contribution >= 0.6 is 0 Å². The minimum Gasteiger partial charge on any atom is -0.465 e. The van der Waals surface area contributed by atoms with E-state index in [4.69, 9.17) is 4.74 Å². The number of nitro groups is 1. The Balaban J connectivity index is 2.96. The molecule has 0 spiro atoms. The topological polar surface area (TPSA) is 111 Å². The molecule has 1 aromatic rings. The molecule has 0 aliphatic heterocycles. The van der Waals surface area contributed by atoms with Gasteiger partial charge in [-0.2, -0.15) is 5.10 Å². The summed E-state index contributed by atoms with van der Waals surface area (Å²) in [6, 6.07) is 5.57. The Bertz CT molecular complexity index is 655. The molecule has 0 saturated heterocycles. The first-order chi connectivity index (χ1) is 11.3. The summed E-state index contributed by atoms with van der Waals surface area (Å²) >= 11 is 0. The number of para-hydroxylation sites is 1. The summed E-state index contributed by atoms with van der Waals surface area (Å²) in [6.45, 7) is 7.23. The number of esters is 1. The molecule has 1 N–H and O–H groups in total. The lowest BCUT2D eigenvalue weighted by atomic mass is 9.92. The van der Waals surface area contributed by atoms with E-state index in [1.165, 1.54) is 24.3 Å². The average molecular weight is 335 g/mol. The molecule has 0 fully saturated rings. The van der Waals surface area contributed by atoms with Crippen LogP contribution < -0.4 is 5.43 Å². The Hall–Kier alpha value is -2.77. The Labute approximate surface area is 140 Å². The highest BCUT2D eigenvalue weighted by molar-refractivity contribution is 6.03. The number of rotatable bonds is 7. The number of nitrogens with one attached hydrogen (secondary N) is 1. The molecule has 0 aromatic heterocycles. The summed E-state index contributed by atoms with van der Waals surface area (Å²) in [5.74, 6) is -1.81. The fraction of sp³-hybridized carbons (Fsp3) is 0.438. The molecule has 0 saturated carbocycles. The van der Waals surface area contributed by atoms with E-state index in [1.54, 1.807) is 13.8 Å². The van der Waals surface area contributed by atoms with Gasteiger partial charge >= 0.3 is 5.97 Å². The molecule has 1 aromatic carbocycles. The first-order valence-electron chi connectivity index (χ1n) is 7.54. The van der Waals surface area contributed by atoms with Crippen molar-refractivity contribution in [3.8, 4) is 0 Å². The van der Waals surface area contributed by atoms with Gasteiger partial charge in [0.2, 0.25) is 0 Å². The molecule has 1 atom stereocenters. The SMILES string of the molecule is CCOC(=O)[C@@H](C(C)=NNC(=O)c1ccccc1[N+](=O)[O-])C(C)C. The Morgan fingerprint density at radius 3 is 2.50 bits per heavy atom. The van der Waals surface area contributed by atoms with Gasteiger partial charge in [0.25, 0.3) is 11.6 Å². The Morgan fingerprint density at radius 2 is 1.96 bits per heavy atom. The van der Waals surface area contributed by atoms with Crippen LogP contribution in [0.5, 0.6) is 0 Å². The monoisotopic (exact) mass is 335 g/mol. The van der Waals surface area contributed by atoms with Gasteiger partial charge in [0, 0.05) is 11.8 Å². The number of carbonyl (C=O) groups is 2. The molecular formula is C16H21N3O5. The molecule has 1 rings (SSSR count). The normalized spacial score (nSPS) is 12.6. The minimum absolute atomic E-state index is 0.0734. The summed E-state index contributed by atoms with van der Waals surface area (Å²) < 4.78 is 5.01. The Morgan fingerprint density at radius 1 is 1.33 bits per heavy atom. The number of hydrogen-bond donors (Lipinski definition) is 1. The van der Waals surface area contributed by atoms with Crippen LogP contribution in [0.15, 0.2) is 29.4 Å². The van der Waals surface area contributed by atoms with Crippen LogP contribution in [0.25, 0.3) is 0 Å². The third-order valence-electron chi connectivity index (χ3n) is 3.34. The molecule has 0 aliphatic carbocycles. The standard InChI is InChI=1S/C16H21N3O5/c1-5-24-16(21)14(10(2)3)11(4)17-18-15(20)12-8-6-7-9-13(12)19(22)23/h6-10,14H,5H2,1-4H3,(H,18,20)/t14-/m1/s1. The highest BCUT2D eigenvalue weighted by atomic mass is 16.6. The lowest BCUT2D eigenvalue weighted by Gasteiger charge is -2.18. The zero-order valence-electron chi connectivity index (χ0n) is 14.1. The number of carbonyl (C=O) groups excluding carboxylic acids is 2. The molecule has 1 amide bonds. The van der Waals surface area contributed by atoms with Crippen molar-refractivity contribution in [2.75, 3.05) is 6.61 Å². The van der Waals surface area contributed by atoms with Crippen molar-refractivity contribution >= 4 is 23.3 Å². The highest BCUT2D eigenvalue weighted by Crippen LogP contribution is 2.18. The van der Waals surface area contributed by atoms with Gasteiger partial charge in [-0.15, -0.1) is 0 Å². The van der Waals surface area contributed by atoms with Crippen molar-refractivity contribution < 1.29 is 19.2 Å². The highest BCUT2D eigenvalue weighted by Gasteiger charge is 2.27. The van der Waals surface area contributed by atoms with Crippen LogP contribution in [0, 0.1) is 22.0 Å². The van der Waals surface area contributed by atoms with E-state index >= 15 is 0 Å². The number of hydrazone groups is 1. The van der Waals surface area contributed by atoms with Crippen LogP contribution in [-0.4, -0.2) is 29.1 Å². The summed E-state index contributed by atoms with van der Waals surface area (Å²) in [6.07, 6.45) is 0. The number of ether oxygens (including phenoxy) is 1. The largest absolute Gasteiger partial charge is 0.465 e. The van der Waals surface area contributed by atoms with E-state index in [0.717, 1.165) is 0 Å². The molecule has 24 heavy (non-hydrogen) atoms. The average Bonchev–Trinajstić information content (AvgIpc) is 2.52. The van der Waals surface area contributed by atoms with Crippen LogP contribution in [0.3, 0.4) is 0 Å². The maximum absolute atomic E-state index is 12.1. The van der Waals surface area contributed by atoms with Crippen LogP contribution in [0.1, 0.15) is 38.1 Å². The Kier molecular flexibility index (Phi) is 7.03. The van der Waals surface area contributed by atoms with Gasteiger partial charge in [-0.05, 0) is 25.8 Å². The van der Waals surface area contributed by atoms with Crippen molar-refractivity contribution in [2.24, 2.45) is 16.9 Å². The van der Waals surface area contributed by atoms with E-state index in [-0.39, 0.29) is 23.8 Å². The van der Waals surface area contributed by atoms with E-state index in [0.29, 0.717) is 5.71 Å². The first kappa shape index (κ1) is 19.3. The zero-order valence-corrected chi connectivity index (χ0v) is 14.1. The van der Waals surface area contributed by atoms with E-state index < -0.39 is 22.7 Å². The first-order valence-corrected chi connectivity index (χ1v) is 7.54. The molecular weight excluding hydrogens is 314 g/mol. The fourth-order valence-electron chi connectivity index (χ4n) is 2.25. The van der Waals surface area contributed by atoms with Gasteiger partial charge in [0.15, 0.2) is 0 Å². The molecule has 0 bridgehead atoms. The van der Waals surface area contributed by atoms with Crippen molar-refractivity contribution in [1.29, 1.82) is 0 Å². The molecule has 0 unspecified atom stereocenters. The summed E-state index contributed by atoms with van der Waals surface area (Å²) in [4.78, 5) is 34.4. The predicted octanol–water partition coefficient (Wildman–Crippen LogP) is 2.54. The second kappa shape index (κ2) is 8.76. The summed E-state index contributed by atoms with van der Waals surface area (Å²) in [5, 5.41) is 14.9. The maximum Gasteiger partial charge on any atom is 0.314 e. The van der Waals surface area contributed by atoms with Crippen molar-refractivity contribution in [3.05, 3.63) is 39.9 Å². The lowest BCUT2D eigenvalue weighted by Crippen LogP contribution is -2.31. The molecule has 130 valence electrons. The number of nitrogens with zero attached hydrogens (tertiary/aromatic N) is 2. The molecule has 0 radical (unpaired) electrons. The van der Waals surface area contributed by atoms with Crippen molar-refractivity contribution in [2.45, 2.75) is 27.7 Å². The van der Waals surface area contributed by atoms with Crippen LogP contribution in [0.4, 0.5) is 5.69 Å². The van der Waals surface area contributed by atoms with Gasteiger partial charge in [0.05, 0.1) is 17.4 Å². The lowest BCUT2D eigenvalue weighted by molar-refractivity contribution is -0.385. The van der Waals surface area contributed by atoms with E-state index in [2.05, 4.69) is 10.5 Å². The van der Waals surface area contributed by atoms with E-state index in [1.807, 2.05) is 13.8 Å². The van der Waals surface area contributed by atoms with Crippen molar-refractivity contribution in [1.82, 2.24) is 5.43 Å². The summed E-state index contributed by atoms with van der Waals surface area (Å²) in [7, 11) is 0. The van der Waals surface area contributed by atoms with Gasteiger partial charge in [-0.25, -0.2) is 5.43 Å². The molecule has 8 heteroatoms. The number of nitro benzene ring substituents is 1. The van der Waals surface area contributed by atoms with Crippen LogP contribution in [-0.2, 0) is 9.53 Å². The molecule has 0 heterocycles. The van der Waals surface area contributed by atoms with Crippen molar-refractivity contribution in [3.63, 3.8) is 0 Å². The molecule has 8 nitrogen and oxygen atoms in total. The second-order valence-electron chi connectivity index (χ2n) is 5.44. The predicted molar refractivity (Wildman–Crippen MR) is 88.6 cm³/mol. The molecule has 0 aliphatic rings. The van der Waals surface area contributed by atoms with Gasteiger partial charge in [-0.1, -0.05) is 26.0 Å². The minimum atomic E-state index is -0.715. The van der Waals surface area contributed by atoms with Gasteiger partial charge in [-0.3, -0.25) is 19.7 Å².